The van der Waals surface area contributed by atoms with E-state index in [0.717, 1.165) is 17.7 Å². The van der Waals surface area contributed by atoms with E-state index in [1.807, 2.05) is 68.4 Å². The highest BCUT2D eigenvalue weighted by Gasteiger charge is 2.31. The molecule has 3 N–H and O–H groups in total. The van der Waals surface area contributed by atoms with Gasteiger partial charge in [-0.2, -0.15) is 0 Å². The second kappa shape index (κ2) is 6.74. The van der Waals surface area contributed by atoms with Crippen molar-refractivity contribution in [3.8, 4) is 11.5 Å². The Morgan fingerprint density at radius 2 is 1.76 bits per heavy atom. The first-order valence-electron chi connectivity index (χ1n) is 7.30. The first-order chi connectivity index (χ1) is 10.1. The molecule has 0 radical (unpaired) electrons. The fraction of sp³-hybridized carbons (Fsp3) is 0.333. The monoisotopic (exact) mass is 285 g/mol. The summed E-state index contributed by atoms with van der Waals surface area (Å²) in [6, 6.07) is 17.2. The number of benzene rings is 2. The van der Waals surface area contributed by atoms with Crippen LogP contribution in [0.2, 0.25) is 0 Å². The van der Waals surface area contributed by atoms with E-state index in [4.69, 9.17) is 10.5 Å². The summed E-state index contributed by atoms with van der Waals surface area (Å²) in [5.41, 5.74) is 6.33. The van der Waals surface area contributed by atoms with Gasteiger partial charge in [-0.05, 0) is 36.2 Å². The second-order valence-electron chi connectivity index (χ2n) is 5.60. The van der Waals surface area contributed by atoms with E-state index in [1.165, 1.54) is 0 Å². The standard InChI is InChI=1S/C18H23NO2/c1-3-18(2,13-19)17(20)14-8-7-11-16(12-14)21-15-9-5-4-6-10-15/h4-12,17,20H,3,13,19H2,1-2H3. The van der Waals surface area contributed by atoms with Crippen molar-refractivity contribution in [2.45, 2.75) is 26.4 Å². The molecule has 2 rings (SSSR count). The summed E-state index contributed by atoms with van der Waals surface area (Å²) in [5.74, 6) is 1.49. The van der Waals surface area contributed by atoms with Crippen LogP contribution in [0.4, 0.5) is 0 Å². The van der Waals surface area contributed by atoms with Crippen LogP contribution in [0.5, 0.6) is 11.5 Å². The van der Waals surface area contributed by atoms with Crippen molar-refractivity contribution in [2.24, 2.45) is 11.1 Å². The van der Waals surface area contributed by atoms with Gasteiger partial charge in [0, 0.05) is 12.0 Å². The molecule has 0 amide bonds. The topological polar surface area (TPSA) is 55.5 Å². The minimum atomic E-state index is -0.605. The maximum atomic E-state index is 10.6. The third kappa shape index (κ3) is 3.63. The molecule has 0 aromatic heterocycles. The van der Waals surface area contributed by atoms with Crippen molar-refractivity contribution in [2.75, 3.05) is 6.54 Å². The Labute approximate surface area is 126 Å². The van der Waals surface area contributed by atoms with Crippen LogP contribution < -0.4 is 10.5 Å². The molecule has 2 atom stereocenters. The fourth-order valence-corrected chi connectivity index (χ4v) is 2.22. The van der Waals surface area contributed by atoms with Crippen molar-refractivity contribution >= 4 is 0 Å². The highest BCUT2D eigenvalue weighted by molar-refractivity contribution is 5.35. The normalized spacial score (nSPS) is 15.2. The smallest absolute Gasteiger partial charge is 0.127 e. The maximum Gasteiger partial charge on any atom is 0.127 e. The molecule has 0 bridgehead atoms. The lowest BCUT2D eigenvalue weighted by Crippen LogP contribution is -2.33. The van der Waals surface area contributed by atoms with Gasteiger partial charge in [0.05, 0.1) is 6.10 Å². The van der Waals surface area contributed by atoms with E-state index in [0.29, 0.717) is 12.3 Å². The van der Waals surface area contributed by atoms with Crippen LogP contribution in [-0.4, -0.2) is 11.7 Å². The minimum Gasteiger partial charge on any atom is -0.457 e. The second-order valence-corrected chi connectivity index (χ2v) is 5.60. The van der Waals surface area contributed by atoms with E-state index >= 15 is 0 Å². The molecule has 0 saturated carbocycles. The molecule has 3 nitrogen and oxygen atoms in total. The lowest BCUT2D eigenvalue weighted by atomic mass is 9.78. The molecule has 21 heavy (non-hydrogen) atoms. The predicted octanol–water partition coefficient (Wildman–Crippen LogP) is 3.89. The number of hydrogen-bond acceptors (Lipinski definition) is 3. The molecule has 0 fully saturated rings. The highest BCUT2D eigenvalue weighted by atomic mass is 16.5. The zero-order valence-electron chi connectivity index (χ0n) is 12.6. The lowest BCUT2D eigenvalue weighted by Gasteiger charge is -2.32. The first kappa shape index (κ1) is 15.5. The van der Waals surface area contributed by atoms with Gasteiger partial charge >= 0.3 is 0 Å². The van der Waals surface area contributed by atoms with Gasteiger partial charge in [-0.15, -0.1) is 0 Å². The summed E-state index contributed by atoms with van der Waals surface area (Å²) in [4.78, 5) is 0. The third-order valence-electron chi connectivity index (χ3n) is 4.09. The summed E-state index contributed by atoms with van der Waals surface area (Å²) in [6.07, 6.45) is 0.209. The average molecular weight is 285 g/mol. The SMILES string of the molecule is CCC(C)(CN)C(O)c1cccc(Oc2ccccc2)c1. The van der Waals surface area contributed by atoms with Gasteiger partial charge in [0.1, 0.15) is 11.5 Å². The summed E-state index contributed by atoms with van der Waals surface area (Å²) in [6.45, 7) is 4.48. The number of aliphatic hydroxyl groups is 1. The van der Waals surface area contributed by atoms with E-state index in [-0.39, 0.29) is 5.41 Å². The summed E-state index contributed by atoms with van der Waals surface area (Å²) >= 11 is 0. The third-order valence-corrected chi connectivity index (χ3v) is 4.09. The Kier molecular flexibility index (Phi) is 4.99. The van der Waals surface area contributed by atoms with E-state index in [2.05, 4.69) is 0 Å². The largest absolute Gasteiger partial charge is 0.457 e. The Morgan fingerprint density at radius 1 is 1.10 bits per heavy atom. The summed E-state index contributed by atoms with van der Waals surface area (Å²) in [7, 11) is 0. The lowest BCUT2D eigenvalue weighted by molar-refractivity contribution is 0.0390. The van der Waals surface area contributed by atoms with Crippen molar-refractivity contribution in [1.82, 2.24) is 0 Å². The Hall–Kier alpha value is -1.84. The van der Waals surface area contributed by atoms with Crippen molar-refractivity contribution < 1.29 is 9.84 Å². The van der Waals surface area contributed by atoms with Gasteiger partial charge in [-0.1, -0.05) is 44.2 Å². The zero-order valence-corrected chi connectivity index (χ0v) is 12.6. The number of nitrogens with two attached hydrogens (primary N) is 1. The highest BCUT2D eigenvalue weighted by Crippen LogP contribution is 2.37. The van der Waals surface area contributed by atoms with Crippen LogP contribution in [0, 0.1) is 5.41 Å². The molecule has 112 valence electrons. The molecule has 0 heterocycles. The summed E-state index contributed by atoms with van der Waals surface area (Å²) < 4.78 is 5.81. The van der Waals surface area contributed by atoms with E-state index in [9.17, 15) is 5.11 Å². The van der Waals surface area contributed by atoms with E-state index < -0.39 is 6.10 Å². The average Bonchev–Trinajstić information content (AvgIpc) is 2.54. The Bertz CT molecular complexity index is 564. The van der Waals surface area contributed by atoms with Crippen LogP contribution in [0.3, 0.4) is 0 Å². The number of para-hydroxylation sites is 1. The molecule has 0 saturated heterocycles. The molecule has 0 aliphatic heterocycles. The van der Waals surface area contributed by atoms with Gasteiger partial charge in [-0.25, -0.2) is 0 Å². The predicted molar refractivity (Wildman–Crippen MR) is 85.4 cm³/mol. The van der Waals surface area contributed by atoms with Crippen molar-refractivity contribution in [3.05, 3.63) is 60.2 Å². The number of ether oxygens (including phenoxy) is 1. The molecule has 0 aliphatic carbocycles. The van der Waals surface area contributed by atoms with Crippen LogP contribution in [0.1, 0.15) is 31.9 Å². The maximum absolute atomic E-state index is 10.6. The number of rotatable bonds is 6. The van der Waals surface area contributed by atoms with Crippen LogP contribution >= 0.6 is 0 Å². The van der Waals surface area contributed by atoms with Crippen LogP contribution in [0.25, 0.3) is 0 Å². The minimum absolute atomic E-state index is 0.328. The van der Waals surface area contributed by atoms with Crippen LogP contribution in [-0.2, 0) is 0 Å². The fourth-order valence-electron chi connectivity index (χ4n) is 2.22. The molecule has 2 unspecified atom stereocenters. The number of aliphatic hydroxyl groups excluding tert-OH is 1. The van der Waals surface area contributed by atoms with Gasteiger partial charge in [0.2, 0.25) is 0 Å². The molecular weight excluding hydrogens is 262 g/mol. The molecule has 3 heteroatoms. The Balaban J connectivity index is 2.21. The summed E-state index contributed by atoms with van der Waals surface area (Å²) in [5, 5.41) is 10.6. The van der Waals surface area contributed by atoms with Crippen LogP contribution in [0.15, 0.2) is 54.6 Å². The molecule has 0 aliphatic rings. The molecular formula is C18H23NO2. The molecule has 2 aromatic rings. The Morgan fingerprint density at radius 3 is 2.38 bits per heavy atom. The molecule has 0 spiro atoms. The van der Waals surface area contributed by atoms with Gasteiger partial charge < -0.3 is 15.6 Å². The van der Waals surface area contributed by atoms with Crippen molar-refractivity contribution in [3.63, 3.8) is 0 Å². The van der Waals surface area contributed by atoms with Gasteiger partial charge in [-0.3, -0.25) is 0 Å². The molecule has 2 aromatic carbocycles. The first-order valence-corrected chi connectivity index (χ1v) is 7.30. The quantitative estimate of drug-likeness (QED) is 0.846. The van der Waals surface area contributed by atoms with E-state index in [1.54, 1.807) is 0 Å². The van der Waals surface area contributed by atoms with Crippen molar-refractivity contribution in [1.29, 1.82) is 0 Å². The van der Waals surface area contributed by atoms with Gasteiger partial charge in [0.15, 0.2) is 0 Å². The van der Waals surface area contributed by atoms with Gasteiger partial charge in [0.25, 0.3) is 0 Å². The number of hydrogen-bond donors (Lipinski definition) is 2. The zero-order chi connectivity index (χ0) is 15.3.